The van der Waals surface area contributed by atoms with Gasteiger partial charge in [0.1, 0.15) is 23.3 Å². The lowest BCUT2D eigenvalue weighted by Crippen LogP contribution is -2.28. The Bertz CT molecular complexity index is 723. The zero-order chi connectivity index (χ0) is 17.0. The highest BCUT2D eigenvalue weighted by Gasteiger charge is 2.15. The van der Waals surface area contributed by atoms with Crippen molar-refractivity contribution in [2.75, 3.05) is 5.75 Å². The summed E-state index contributed by atoms with van der Waals surface area (Å²) in [5.41, 5.74) is 0.151. The first-order chi connectivity index (χ1) is 10.9. The average molecular weight is 343 g/mol. The van der Waals surface area contributed by atoms with Gasteiger partial charge in [-0.05, 0) is 25.1 Å². The van der Waals surface area contributed by atoms with E-state index in [1.54, 1.807) is 6.92 Å². The van der Waals surface area contributed by atoms with E-state index in [2.05, 4.69) is 5.32 Å². The largest absolute Gasteiger partial charge is 0.349 e. The van der Waals surface area contributed by atoms with Gasteiger partial charge < -0.3 is 5.32 Å². The fraction of sp³-hybridized carbons (Fsp3) is 0.188. The zero-order valence-electron chi connectivity index (χ0n) is 12.1. The molecule has 0 unspecified atom stereocenters. The number of halogens is 4. The molecular formula is C16H13F4NOS. The van der Waals surface area contributed by atoms with Crippen molar-refractivity contribution in [3.63, 3.8) is 0 Å². The summed E-state index contributed by atoms with van der Waals surface area (Å²) in [5, 5.41) is 2.54. The molecule has 1 N–H and O–H groups in total. The number of carbonyl (C=O) groups excluding carboxylic acids is 1. The van der Waals surface area contributed by atoms with E-state index in [9.17, 15) is 22.4 Å². The molecule has 2 aromatic rings. The molecule has 0 aliphatic heterocycles. The molecule has 0 aromatic heterocycles. The van der Waals surface area contributed by atoms with Crippen LogP contribution in [0.2, 0.25) is 0 Å². The summed E-state index contributed by atoms with van der Waals surface area (Å²) in [6.07, 6.45) is 0. The molecule has 2 nitrogen and oxygen atoms in total. The van der Waals surface area contributed by atoms with E-state index >= 15 is 0 Å². The fourth-order valence-electron chi connectivity index (χ4n) is 1.95. The van der Waals surface area contributed by atoms with Crippen molar-refractivity contribution in [2.45, 2.75) is 17.9 Å². The Balaban J connectivity index is 1.93. The second-order valence-electron chi connectivity index (χ2n) is 4.82. The predicted molar refractivity (Wildman–Crippen MR) is 80.0 cm³/mol. The van der Waals surface area contributed by atoms with Crippen LogP contribution in [0.4, 0.5) is 17.6 Å². The van der Waals surface area contributed by atoms with Gasteiger partial charge in [0, 0.05) is 22.6 Å². The lowest BCUT2D eigenvalue weighted by Gasteiger charge is -2.15. The summed E-state index contributed by atoms with van der Waals surface area (Å²) in [6, 6.07) is 5.50. The second-order valence-corrected chi connectivity index (χ2v) is 5.84. The van der Waals surface area contributed by atoms with E-state index in [1.165, 1.54) is 12.1 Å². The maximum atomic E-state index is 13.6. The second kappa shape index (κ2) is 7.50. The molecular weight excluding hydrogens is 330 g/mol. The predicted octanol–water partition coefficient (Wildman–Crippen LogP) is 4.21. The molecule has 0 heterocycles. The Kier molecular flexibility index (Phi) is 5.65. The summed E-state index contributed by atoms with van der Waals surface area (Å²) in [4.78, 5) is 12.0. The van der Waals surface area contributed by atoms with Gasteiger partial charge in [-0.25, -0.2) is 17.6 Å². The first-order valence-electron chi connectivity index (χ1n) is 6.69. The molecule has 0 spiro atoms. The standard InChI is InChI=1S/C16H13F4NOS/c1-9(12-4-2-10(17)6-13(12)19)21-16(22)8-23-15-5-3-11(18)7-14(15)20/h2-7,9H,8H2,1H3,(H,21,22)/t9-/m0/s1. The van der Waals surface area contributed by atoms with Gasteiger partial charge in [-0.3, -0.25) is 4.79 Å². The number of thioether (sulfide) groups is 1. The van der Waals surface area contributed by atoms with Crippen LogP contribution in [-0.2, 0) is 4.79 Å². The first-order valence-corrected chi connectivity index (χ1v) is 7.67. The third-order valence-corrected chi connectivity index (χ3v) is 4.11. The van der Waals surface area contributed by atoms with Gasteiger partial charge in [-0.2, -0.15) is 0 Å². The van der Waals surface area contributed by atoms with Gasteiger partial charge in [0.15, 0.2) is 0 Å². The third-order valence-electron chi connectivity index (χ3n) is 3.06. The molecule has 2 rings (SSSR count). The smallest absolute Gasteiger partial charge is 0.230 e. The molecule has 0 fully saturated rings. The Morgan fingerprint density at radius 2 is 1.65 bits per heavy atom. The van der Waals surface area contributed by atoms with Crippen LogP contribution >= 0.6 is 11.8 Å². The van der Waals surface area contributed by atoms with Gasteiger partial charge in [-0.1, -0.05) is 6.07 Å². The average Bonchev–Trinajstić information content (AvgIpc) is 2.46. The molecule has 0 radical (unpaired) electrons. The first kappa shape index (κ1) is 17.3. The lowest BCUT2D eigenvalue weighted by molar-refractivity contribution is -0.119. The minimum Gasteiger partial charge on any atom is -0.349 e. The minimum atomic E-state index is -0.755. The van der Waals surface area contributed by atoms with Crippen LogP contribution in [-0.4, -0.2) is 11.7 Å². The van der Waals surface area contributed by atoms with Gasteiger partial charge in [-0.15, -0.1) is 11.8 Å². The Hall–Kier alpha value is -2.02. The zero-order valence-corrected chi connectivity index (χ0v) is 12.9. The highest BCUT2D eigenvalue weighted by molar-refractivity contribution is 8.00. The highest BCUT2D eigenvalue weighted by atomic mass is 32.2. The maximum absolute atomic E-state index is 13.6. The molecule has 0 aliphatic carbocycles. The highest BCUT2D eigenvalue weighted by Crippen LogP contribution is 2.23. The number of rotatable bonds is 5. The molecule has 23 heavy (non-hydrogen) atoms. The van der Waals surface area contributed by atoms with Crippen molar-refractivity contribution < 1.29 is 22.4 Å². The lowest BCUT2D eigenvalue weighted by atomic mass is 10.1. The van der Waals surface area contributed by atoms with E-state index in [-0.39, 0.29) is 16.2 Å². The van der Waals surface area contributed by atoms with Crippen molar-refractivity contribution in [3.05, 3.63) is 65.2 Å². The van der Waals surface area contributed by atoms with E-state index in [0.717, 1.165) is 36.0 Å². The summed E-state index contributed by atoms with van der Waals surface area (Å²) in [6.45, 7) is 1.55. The van der Waals surface area contributed by atoms with Gasteiger partial charge in [0.25, 0.3) is 0 Å². The minimum absolute atomic E-state index is 0.115. The van der Waals surface area contributed by atoms with Crippen LogP contribution in [0, 0.1) is 23.3 Å². The molecule has 122 valence electrons. The Labute approximate surface area is 134 Å². The van der Waals surface area contributed by atoms with Crippen molar-refractivity contribution in [2.24, 2.45) is 0 Å². The van der Waals surface area contributed by atoms with E-state index in [0.29, 0.717) is 0 Å². The van der Waals surface area contributed by atoms with Crippen molar-refractivity contribution in [1.29, 1.82) is 0 Å². The summed E-state index contributed by atoms with van der Waals surface area (Å²) in [5.74, 6) is -3.47. The summed E-state index contributed by atoms with van der Waals surface area (Å²) in [7, 11) is 0. The van der Waals surface area contributed by atoms with Crippen LogP contribution in [0.1, 0.15) is 18.5 Å². The number of carbonyl (C=O) groups is 1. The third kappa shape index (κ3) is 4.72. The summed E-state index contributed by atoms with van der Waals surface area (Å²) >= 11 is 0.900. The van der Waals surface area contributed by atoms with Crippen molar-refractivity contribution >= 4 is 17.7 Å². The number of hydrogen-bond acceptors (Lipinski definition) is 2. The van der Waals surface area contributed by atoms with Crippen LogP contribution in [0.25, 0.3) is 0 Å². The number of benzene rings is 2. The molecule has 1 amide bonds. The normalized spacial score (nSPS) is 12.0. The molecule has 1 atom stereocenters. The van der Waals surface area contributed by atoms with Crippen molar-refractivity contribution in [3.8, 4) is 0 Å². The van der Waals surface area contributed by atoms with Crippen LogP contribution < -0.4 is 5.32 Å². The number of amides is 1. The fourth-order valence-corrected chi connectivity index (χ4v) is 2.68. The molecule has 0 saturated carbocycles. The van der Waals surface area contributed by atoms with Crippen LogP contribution in [0.5, 0.6) is 0 Å². The molecule has 0 saturated heterocycles. The number of hydrogen-bond donors (Lipinski definition) is 1. The monoisotopic (exact) mass is 343 g/mol. The van der Waals surface area contributed by atoms with E-state index in [4.69, 9.17) is 0 Å². The summed E-state index contributed by atoms with van der Waals surface area (Å²) < 4.78 is 52.7. The van der Waals surface area contributed by atoms with E-state index < -0.39 is 35.2 Å². The molecule has 0 aliphatic rings. The van der Waals surface area contributed by atoms with Gasteiger partial charge in [0.2, 0.25) is 5.91 Å². The topological polar surface area (TPSA) is 29.1 Å². The van der Waals surface area contributed by atoms with Crippen molar-refractivity contribution in [1.82, 2.24) is 5.32 Å². The number of nitrogens with one attached hydrogen (secondary N) is 1. The van der Waals surface area contributed by atoms with Crippen LogP contribution in [0.3, 0.4) is 0 Å². The van der Waals surface area contributed by atoms with E-state index in [1.807, 2.05) is 0 Å². The molecule has 0 bridgehead atoms. The van der Waals surface area contributed by atoms with Gasteiger partial charge >= 0.3 is 0 Å². The van der Waals surface area contributed by atoms with Gasteiger partial charge in [0.05, 0.1) is 11.8 Å². The molecule has 7 heteroatoms. The Morgan fingerprint density at radius 3 is 2.26 bits per heavy atom. The Morgan fingerprint density at radius 1 is 1.04 bits per heavy atom. The quantitative estimate of drug-likeness (QED) is 0.651. The molecule has 2 aromatic carbocycles. The maximum Gasteiger partial charge on any atom is 0.230 e. The van der Waals surface area contributed by atoms with Crippen LogP contribution in [0.15, 0.2) is 41.3 Å². The SMILES string of the molecule is C[C@H](NC(=O)CSc1ccc(F)cc1F)c1ccc(F)cc1F.